The predicted molar refractivity (Wildman–Crippen MR) is 156 cm³/mol. The van der Waals surface area contributed by atoms with Gasteiger partial charge in [0.15, 0.2) is 22.4 Å². The molecule has 0 bridgehead atoms. The smallest absolute Gasteiger partial charge is 0.416 e. The average molecular weight is 650 g/mol. The van der Waals surface area contributed by atoms with Crippen LogP contribution in [-0.4, -0.2) is 57.3 Å². The van der Waals surface area contributed by atoms with Crippen LogP contribution >= 0.6 is 34.5 Å². The SMILES string of the molecule is CN1C(=O)c2c(ncn2CC(=O)Nc2nc(-c3cc(Cl)c(OCc4ccccc4C(F)(F)F)c(Cl)c3)cs2)N2CCN=C12. The van der Waals surface area contributed by atoms with Gasteiger partial charge in [-0.3, -0.25) is 24.4 Å². The number of aromatic nitrogens is 3. The number of alkyl halides is 3. The zero-order valence-electron chi connectivity index (χ0n) is 22.2. The average Bonchev–Trinajstić information content (AvgIpc) is 3.71. The van der Waals surface area contributed by atoms with Crippen LogP contribution in [0.3, 0.4) is 0 Å². The van der Waals surface area contributed by atoms with Gasteiger partial charge < -0.3 is 14.6 Å². The Balaban J connectivity index is 1.13. The van der Waals surface area contributed by atoms with Gasteiger partial charge in [0.25, 0.3) is 5.91 Å². The van der Waals surface area contributed by atoms with Crippen LogP contribution in [0.15, 0.2) is 53.1 Å². The molecule has 0 aliphatic carbocycles. The number of benzene rings is 2. The van der Waals surface area contributed by atoms with Gasteiger partial charge >= 0.3 is 6.18 Å². The molecule has 222 valence electrons. The number of carbonyl (C=O) groups is 2. The first-order valence-electron chi connectivity index (χ1n) is 12.7. The number of aliphatic imine (C=N–C) groups is 1. The third-order valence-corrected chi connectivity index (χ3v) is 8.07. The molecule has 2 aromatic heterocycles. The van der Waals surface area contributed by atoms with Gasteiger partial charge in [0, 0.05) is 30.1 Å². The van der Waals surface area contributed by atoms with Crippen LogP contribution in [0.1, 0.15) is 21.6 Å². The standard InChI is InChI=1S/C27H20Cl2F3N7O3S/c1-37-24(41)21-23(39-7-6-33-26(37)39)34-13-38(21)10-20(40)36-25-35-19(12-43-25)15-8-17(28)22(18(29)9-15)42-11-14-4-2-3-5-16(14)27(30,31)32/h2-5,8-9,12-13H,6-7,10-11H2,1H3,(H,35,36,40). The van der Waals surface area contributed by atoms with Gasteiger partial charge in [-0.05, 0) is 18.2 Å². The Morgan fingerprint density at radius 2 is 1.93 bits per heavy atom. The van der Waals surface area contributed by atoms with Crippen LogP contribution < -0.4 is 15.0 Å². The maximum absolute atomic E-state index is 13.3. The van der Waals surface area contributed by atoms with Crippen LogP contribution in [0.5, 0.6) is 5.75 Å². The normalized spacial score (nSPS) is 14.5. The van der Waals surface area contributed by atoms with Gasteiger partial charge in [0.1, 0.15) is 13.2 Å². The molecular formula is C27H20Cl2F3N7O3S. The van der Waals surface area contributed by atoms with Gasteiger partial charge in [0.05, 0.1) is 34.2 Å². The second kappa shape index (κ2) is 11.2. The third kappa shape index (κ3) is 5.53. The fraction of sp³-hybridized carbons (Fsp3) is 0.222. The zero-order chi connectivity index (χ0) is 30.5. The molecule has 1 N–H and O–H groups in total. The Morgan fingerprint density at radius 3 is 2.67 bits per heavy atom. The van der Waals surface area contributed by atoms with Crippen molar-refractivity contribution in [2.45, 2.75) is 19.3 Å². The van der Waals surface area contributed by atoms with Crippen molar-refractivity contribution in [1.29, 1.82) is 0 Å². The summed E-state index contributed by atoms with van der Waals surface area (Å²) in [6.07, 6.45) is -3.09. The second-order valence-corrected chi connectivity index (χ2v) is 11.2. The predicted octanol–water partition coefficient (Wildman–Crippen LogP) is 5.81. The number of guanidine groups is 1. The summed E-state index contributed by atoms with van der Waals surface area (Å²) in [4.78, 5) is 42.2. The van der Waals surface area contributed by atoms with Crippen molar-refractivity contribution in [3.63, 3.8) is 0 Å². The number of hydrogen-bond acceptors (Lipinski definition) is 8. The summed E-state index contributed by atoms with van der Waals surface area (Å²) in [6.45, 7) is 0.585. The van der Waals surface area contributed by atoms with E-state index in [0.717, 1.165) is 17.4 Å². The summed E-state index contributed by atoms with van der Waals surface area (Å²) < 4.78 is 47.0. The number of thiazole rings is 1. The molecule has 0 saturated heterocycles. The lowest BCUT2D eigenvalue weighted by Gasteiger charge is -2.30. The Morgan fingerprint density at radius 1 is 1.19 bits per heavy atom. The summed E-state index contributed by atoms with van der Waals surface area (Å²) in [5.74, 6) is 0.309. The first-order valence-corrected chi connectivity index (χ1v) is 14.3. The number of amides is 2. The quantitative estimate of drug-likeness (QED) is 0.271. The maximum atomic E-state index is 13.3. The largest absolute Gasteiger partial charge is 0.486 e. The van der Waals surface area contributed by atoms with Crippen LogP contribution in [0.25, 0.3) is 11.3 Å². The molecule has 0 spiro atoms. The molecule has 2 aromatic carbocycles. The molecule has 0 saturated carbocycles. The van der Waals surface area contributed by atoms with Crippen LogP contribution in [0.4, 0.5) is 24.1 Å². The molecule has 0 atom stereocenters. The lowest BCUT2D eigenvalue weighted by Crippen LogP contribution is -2.48. The van der Waals surface area contributed by atoms with E-state index < -0.39 is 24.3 Å². The van der Waals surface area contributed by atoms with Crippen molar-refractivity contribution in [3.05, 3.63) is 75.0 Å². The van der Waals surface area contributed by atoms with E-state index >= 15 is 0 Å². The molecule has 6 rings (SSSR count). The number of ether oxygens (including phenoxy) is 1. The summed E-state index contributed by atoms with van der Waals surface area (Å²) in [5, 5.41) is 4.86. The Hall–Kier alpha value is -4.14. The van der Waals surface area contributed by atoms with Crippen LogP contribution in [0.2, 0.25) is 10.0 Å². The topological polar surface area (TPSA) is 105 Å². The van der Waals surface area contributed by atoms with Crippen molar-refractivity contribution in [3.8, 4) is 17.0 Å². The zero-order valence-corrected chi connectivity index (χ0v) is 24.5. The minimum atomic E-state index is -4.53. The van der Waals surface area contributed by atoms with Crippen molar-refractivity contribution >= 4 is 63.3 Å². The van der Waals surface area contributed by atoms with Gasteiger partial charge in [-0.15, -0.1) is 11.3 Å². The van der Waals surface area contributed by atoms with E-state index in [4.69, 9.17) is 27.9 Å². The lowest BCUT2D eigenvalue weighted by molar-refractivity contribution is -0.138. The number of rotatable bonds is 7. The van der Waals surface area contributed by atoms with Gasteiger partial charge in [-0.1, -0.05) is 41.4 Å². The minimum Gasteiger partial charge on any atom is -0.486 e. The fourth-order valence-corrected chi connectivity index (χ4v) is 6.11. The van der Waals surface area contributed by atoms with Crippen molar-refractivity contribution in [2.75, 3.05) is 30.4 Å². The van der Waals surface area contributed by atoms with Gasteiger partial charge in [0.2, 0.25) is 11.9 Å². The second-order valence-electron chi connectivity index (χ2n) is 9.54. The highest BCUT2D eigenvalue weighted by Gasteiger charge is 2.39. The number of anilines is 2. The highest BCUT2D eigenvalue weighted by molar-refractivity contribution is 7.14. The molecule has 4 heterocycles. The van der Waals surface area contributed by atoms with Crippen molar-refractivity contribution < 1.29 is 27.5 Å². The van der Waals surface area contributed by atoms with Gasteiger partial charge in [-0.2, -0.15) is 13.2 Å². The number of nitrogens with one attached hydrogen (secondary N) is 1. The molecule has 0 unspecified atom stereocenters. The number of halogens is 5. The molecular weight excluding hydrogens is 630 g/mol. The summed E-state index contributed by atoms with van der Waals surface area (Å²) >= 11 is 13.9. The molecule has 0 radical (unpaired) electrons. The Kier molecular flexibility index (Phi) is 7.52. The first-order chi connectivity index (χ1) is 20.5. The Labute approximate surface area is 256 Å². The van der Waals surface area contributed by atoms with Crippen LogP contribution in [-0.2, 0) is 24.1 Å². The highest BCUT2D eigenvalue weighted by atomic mass is 35.5. The van der Waals surface area contributed by atoms with E-state index in [-0.39, 0.29) is 33.8 Å². The molecule has 4 aromatic rings. The molecule has 2 amide bonds. The maximum Gasteiger partial charge on any atom is 0.416 e. The molecule has 2 aliphatic rings. The monoisotopic (exact) mass is 649 g/mol. The highest BCUT2D eigenvalue weighted by Crippen LogP contribution is 2.39. The van der Waals surface area contributed by atoms with E-state index in [2.05, 4.69) is 20.3 Å². The van der Waals surface area contributed by atoms with E-state index in [1.54, 1.807) is 12.4 Å². The molecule has 43 heavy (non-hydrogen) atoms. The summed E-state index contributed by atoms with van der Waals surface area (Å²) in [5.41, 5.74) is 0.393. The third-order valence-electron chi connectivity index (χ3n) is 6.75. The lowest BCUT2D eigenvalue weighted by atomic mass is 10.1. The number of imidazole rings is 1. The van der Waals surface area contributed by atoms with Crippen molar-refractivity contribution in [1.82, 2.24) is 19.4 Å². The number of hydrogen-bond donors (Lipinski definition) is 1. The summed E-state index contributed by atoms with van der Waals surface area (Å²) in [7, 11) is 1.63. The molecule has 16 heteroatoms. The first kappa shape index (κ1) is 29.0. The van der Waals surface area contributed by atoms with Crippen molar-refractivity contribution in [2.24, 2.45) is 4.99 Å². The molecule has 2 aliphatic heterocycles. The van der Waals surface area contributed by atoms with E-state index in [1.807, 2.05) is 4.90 Å². The van der Waals surface area contributed by atoms with E-state index in [1.165, 1.54) is 46.1 Å². The molecule has 0 fully saturated rings. The van der Waals surface area contributed by atoms with E-state index in [0.29, 0.717) is 46.9 Å². The Bertz CT molecular complexity index is 1770. The number of fused-ring (bicyclic) bond motifs is 3. The summed E-state index contributed by atoms with van der Waals surface area (Å²) in [6, 6.07) is 8.13. The number of carbonyl (C=O) groups excluding carboxylic acids is 2. The number of nitrogens with zero attached hydrogens (tertiary/aromatic N) is 6. The fourth-order valence-electron chi connectivity index (χ4n) is 4.78. The van der Waals surface area contributed by atoms with E-state index in [9.17, 15) is 22.8 Å². The minimum absolute atomic E-state index is 0.0315. The van der Waals surface area contributed by atoms with Crippen LogP contribution in [0, 0.1) is 0 Å². The molecule has 10 nitrogen and oxygen atoms in total. The van der Waals surface area contributed by atoms with Gasteiger partial charge in [-0.25, -0.2) is 9.97 Å².